The van der Waals surface area contributed by atoms with Crippen LogP contribution in [0.3, 0.4) is 0 Å². The topological polar surface area (TPSA) is 92.8 Å². The fourth-order valence-electron chi connectivity index (χ4n) is 1.90. The first-order valence-electron chi connectivity index (χ1n) is 6.81. The number of halogens is 1. The highest BCUT2D eigenvalue weighted by molar-refractivity contribution is 7.90. The van der Waals surface area contributed by atoms with Gasteiger partial charge in [0.05, 0.1) is 17.1 Å². The molecule has 0 aliphatic carbocycles. The van der Waals surface area contributed by atoms with Crippen LogP contribution in [0.25, 0.3) is 0 Å². The van der Waals surface area contributed by atoms with Gasteiger partial charge in [0.25, 0.3) is 15.9 Å². The fraction of sp³-hybridized carbons (Fsp3) is 0.429. The molecule has 1 N–H and O–H groups in total. The smallest absolute Gasteiger partial charge is 0.339 e. The molecule has 0 saturated carbocycles. The minimum absolute atomic E-state index is 0.110. The quantitative estimate of drug-likeness (QED) is 0.826. The first-order valence-corrected chi connectivity index (χ1v) is 8.63. The minimum atomic E-state index is -4.28. The molecule has 1 aliphatic rings. The normalized spacial score (nSPS) is 19.1. The largest absolute Gasteiger partial charge is 0.373 e. The highest BCUT2D eigenvalue weighted by Crippen LogP contribution is 2.22. The van der Waals surface area contributed by atoms with Gasteiger partial charge in [-0.3, -0.25) is 4.79 Å². The van der Waals surface area contributed by atoms with E-state index in [9.17, 15) is 18.0 Å². The van der Waals surface area contributed by atoms with Crippen LogP contribution in [0.4, 0.5) is 4.79 Å². The second kappa shape index (κ2) is 6.10. The molecule has 1 fully saturated rings. The summed E-state index contributed by atoms with van der Waals surface area (Å²) in [5, 5.41) is 2.67. The standard InChI is InChI=1S/C14H17ClN2O5S/c1-14(2,3)22-8-11-12(18)17(13(19)16-11)23(20,21)10-6-4-9(15)5-7-10/h4-7,11H,8H2,1-3H3,(H,16,19)/t11-/m0/s1. The maximum Gasteiger partial charge on any atom is 0.339 e. The first-order chi connectivity index (χ1) is 10.5. The van der Waals surface area contributed by atoms with Crippen molar-refractivity contribution >= 4 is 33.6 Å². The molecule has 1 aliphatic heterocycles. The van der Waals surface area contributed by atoms with Crippen molar-refractivity contribution in [1.29, 1.82) is 0 Å². The average Bonchev–Trinajstić information content (AvgIpc) is 2.71. The van der Waals surface area contributed by atoms with Crippen LogP contribution in [-0.4, -0.2) is 42.9 Å². The van der Waals surface area contributed by atoms with Crippen LogP contribution in [0.1, 0.15) is 20.8 Å². The lowest BCUT2D eigenvalue weighted by atomic mass is 10.2. The molecule has 0 spiro atoms. The lowest BCUT2D eigenvalue weighted by Crippen LogP contribution is -2.39. The highest BCUT2D eigenvalue weighted by atomic mass is 35.5. The predicted octanol–water partition coefficient (Wildman–Crippen LogP) is 1.76. The summed E-state index contributed by atoms with van der Waals surface area (Å²) in [4.78, 5) is 24.0. The number of hydrogen-bond donors (Lipinski definition) is 1. The number of urea groups is 1. The summed E-state index contributed by atoms with van der Waals surface area (Å²) in [6, 6.07) is 3.17. The fourth-order valence-corrected chi connectivity index (χ4v) is 3.35. The Hall–Kier alpha value is -1.64. The van der Waals surface area contributed by atoms with Gasteiger partial charge in [0.1, 0.15) is 6.04 Å². The van der Waals surface area contributed by atoms with Gasteiger partial charge in [-0.25, -0.2) is 13.2 Å². The van der Waals surface area contributed by atoms with Gasteiger partial charge >= 0.3 is 6.03 Å². The summed E-state index contributed by atoms with van der Waals surface area (Å²) in [5.41, 5.74) is -0.520. The number of ether oxygens (including phenoxy) is 1. The van der Waals surface area contributed by atoms with Crippen LogP contribution in [-0.2, 0) is 19.6 Å². The third-order valence-corrected chi connectivity index (χ3v) is 4.96. The van der Waals surface area contributed by atoms with E-state index >= 15 is 0 Å². The maximum atomic E-state index is 12.5. The molecule has 1 aromatic rings. The zero-order chi connectivity index (χ0) is 17.4. The molecule has 126 valence electrons. The Labute approximate surface area is 139 Å². The number of imide groups is 1. The third kappa shape index (κ3) is 3.82. The van der Waals surface area contributed by atoms with Crippen molar-refractivity contribution in [2.45, 2.75) is 37.3 Å². The summed E-state index contributed by atoms with van der Waals surface area (Å²) in [7, 11) is -4.28. The summed E-state index contributed by atoms with van der Waals surface area (Å²) in [6.45, 7) is 5.25. The number of amides is 3. The van der Waals surface area contributed by atoms with E-state index < -0.39 is 33.6 Å². The average molecular weight is 361 g/mol. The van der Waals surface area contributed by atoms with Gasteiger partial charge in [-0.2, -0.15) is 0 Å². The Bertz CT molecular complexity index is 725. The predicted molar refractivity (Wildman–Crippen MR) is 83.5 cm³/mol. The molecular formula is C14H17ClN2O5S. The molecule has 1 saturated heterocycles. The van der Waals surface area contributed by atoms with Gasteiger partial charge in [-0.05, 0) is 45.0 Å². The van der Waals surface area contributed by atoms with Crippen LogP contribution < -0.4 is 5.32 Å². The molecule has 0 unspecified atom stereocenters. The minimum Gasteiger partial charge on any atom is -0.373 e. The number of nitrogens with one attached hydrogen (secondary N) is 1. The van der Waals surface area contributed by atoms with Crippen LogP contribution in [0.15, 0.2) is 29.2 Å². The van der Waals surface area contributed by atoms with E-state index in [4.69, 9.17) is 16.3 Å². The summed E-state index contributed by atoms with van der Waals surface area (Å²) < 4.78 is 30.6. The van der Waals surface area contributed by atoms with E-state index in [0.717, 1.165) is 0 Å². The van der Waals surface area contributed by atoms with Gasteiger partial charge < -0.3 is 10.1 Å². The second-order valence-electron chi connectivity index (χ2n) is 5.99. The molecule has 0 aromatic heterocycles. The van der Waals surface area contributed by atoms with E-state index in [1.54, 1.807) is 20.8 Å². The zero-order valence-corrected chi connectivity index (χ0v) is 14.4. The van der Waals surface area contributed by atoms with E-state index in [-0.39, 0.29) is 15.8 Å². The molecule has 23 heavy (non-hydrogen) atoms. The van der Waals surface area contributed by atoms with Crippen LogP contribution in [0, 0.1) is 0 Å². The number of nitrogens with zero attached hydrogens (tertiary/aromatic N) is 1. The lowest BCUT2D eigenvalue weighted by Gasteiger charge is -2.21. The number of rotatable bonds is 4. The van der Waals surface area contributed by atoms with Crippen molar-refractivity contribution in [3.05, 3.63) is 29.3 Å². The number of benzene rings is 1. The summed E-state index contributed by atoms with van der Waals surface area (Å²) >= 11 is 5.71. The Kier molecular flexibility index (Phi) is 4.70. The van der Waals surface area contributed by atoms with E-state index in [2.05, 4.69) is 5.32 Å². The highest BCUT2D eigenvalue weighted by Gasteiger charge is 2.46. The summed E-state index contributed by atoms with van der Waals surface area (Å²) in [5.74, 6) is -0.866. The molecule has 1 aromatic carbocycles. The molecule has 7 nitrogen and oxygen atoms in total. The third-order valence-electron chi connectivity index (χ3n) is 3.02. The van der Waals surface area contributed by atoms with E-state index in [1.807, 2.05) is 0 Å². The van der Waals surface area contributed by atoms with Crippen molar-refractivity contribution in [3.8, 4) is 0 Å². The first kappa shape index (κ1) is 17.7. The van der Waals surface area contributed by atoms with Crippen molar-refractivity contribution < 1.29 is 22.7 Å². The Morgan fingerprint density at radius 3 is 2.30 bits per heavy atom. The molecule has 1 atom stereocenters. The number of carbonyl (C=O) groups is 2. The number of hydrogen-bond acceptors (Lipinski definition) is 5. The molecular weight excluding hydrogens is 344 g/mol. The Morgan fingerprint density at radius 1 is 1.22 bits per heavy atom. The van der Waals surface area contributed by atoms with Crippen LogP contribution >= 0.6 is 11.6 Å². The molecule has 0 radical (unpaired) electrons. The summed E-state index contributed by atoms with van der Waals surface area (Å²) in [6.07, 6.45) is 0. The van der Waals surface area contributed by atoms with Gasteiger partial charge in [0.2, 0.25) is 0 Å². The van der Waals surface area contributed by atoms with Gasteiger partial charge in [0.15, 0.2) is 0 Å². The Balaban J connectivity index is 2.24. The molecule has 1 heterocycles. The monoisotopic (exact) mass is 360 g/mol. The lowest BCUT2D eigenvalue weighted by molar-refractivity contribution is -0.126. The second-order valence-corrected chi connectivity index (χ2v) is 8.21. The van der Waals surface area contributed by atoms with Gasteiger partial charge in [-0.1, -0.05) is 11.6 Å². The van der Waals surface area contributed by atoms with E-state index in [1.165, 1.54) is 24.3 Å². The number of sulfonamides is 1. The van der Waals surface area contributed by atoms with E-state index in [0.29, 0.717) is 5.02 Å². The molecule has 3 amide bonds. The molecule has 2 rings (SSSR count). The molecule has 9 heteroatoms. The van der Waals surface area contributed by atoms with Crippen molar-refractivity contribution in [2.24, 2.45) is 0 Å². The van der Waals surface area contributed by atoms with Gasteiger partial charge in [0, 0.05) is 5.02 Å². The van der Waals surface area contributed by atoms with Crippen LogP contribution in [0.2, 0.25) is 5.02 Å². The number of carbonyl (C=O) groups excluding carboxylic acids is 2. The van der Waals surface area contributed by atoms with Gasteiger partial charge in [-0.15, -0.1) is 4.31 Å². The SMILES string of the molecule is CC(C)(C)OC[C@@H]1NC(=O)N(S(=O)(=O)c2ccc(Cl)cc2)C1=O. The Morgan fingerprint density at radius 2 is 1.78 bits per heavy atom. The van der Waals surface area contributed by atoms with Crippen LogP contribution in [0.5, 0.6) is 0 Å². The zero-order valence-electron chi connectivity index (χ0n) is 12.9. The van der Waals surface area contributed by atoms with Crippen molar-refractivity contribution in [1.82, 2.24) is 9.62 Å². The van der Waals surface area contributed by atoms with Crippen molar-refractivity contribution in [2.75, 3.05) is 6.61 Å². The molecule has 0 bridgehead atoms. The van der Waals surface area contributed by atoms with Crippen molar-refractivity contribution in [3.63, 3.8) is 0 Å². The maximum absolute atomic E-state index is 12.5.